The van der Waals surface area contributed by atoms with Gasteiger partial charge in [-0.2, -0.15) is 0 Å². The Balaban J connectivity index is 0. The maximum Gasteiger partial charge on any atom is 0.692 e. The van der Waals surface area contributed by atoms with Crippen LogP contribution in [0, 0.1) is 0 Å². The van der Waals surface area contributed by atoms with E-state index >= 15 is 0 Å². The molecule has 0 heterocycles. The smallest absolute Gasteiger partial charge is 0.380 e. The lowest BCUT2D eigenvalue weighted by Crippen LogP contribution is -1.38. The molecule has 0 aliphatic rings. The molecule has 0 fully saturated rings. The second kappa shape index (κ2) is 9.05. The third-order valence-electron chi connectivity index (χ3n) is 0. The van der Waals surface area contributed by atoms with Gasteiger partial charge in [0.05, 0.1) is 0 Å². The minimum absolute atomic E-state index is 1.42. The summed E-state index contributed by atoms with van der Waals surface area (Å²) in [6.07, 6.45) is 0. The Morgan fingerprint density at radius 2 is 1.33 bits per heavy atom. The molecule has 0 aromatic heterocycles. The topological polar surface area (TPSA) is 77.8 Å². The van der Waals surface area contributed by atoms with Gasteiger partial charge in [-0.25, -0.2) is 0 Å². The molecule has 6 heavy (non-hydrogen) atoms. The van der Waals surface area contributed by atoms with E-state index in [1.165, 1.54) is 9.47 Å². The molecule has 0 aliphatic heterocycles. The van der Waals surface area contributed by atoms with Crippen LogP contribution in [0.3, 0.4) is 0 Å². The monoisotopic (exact) mass is 131 g/mol. The largest absolute Gasteiger partial charge is 0.692 e. The molecular formula is H5O4P2+. The van der Waals surface area contributed by atoms with Gasteiger partial charge in [-0.3, -0.25) is 0 Å². The van der Waals surface area contributed by atoms with Gasteiger partial charge in [-0.1, -0.05) is 0 Å². The molecule has 0 spiro atoms. The fraction of sp³-hybridized carbons (Fsp3) is 0. The van der Waals surface area contributed by atoms with Crippen molar-refractivity contribution in [2.24, 2.45) is 0 Å². The van der Waals surface area contributed by atoms with Gasteiger partial charge in [0.1, 0.15) is 0 Å². The van der Waals surface area contributed by atoms with E-state index < -0.39 is 8.25 Å². The molecule has 6 heteroatoms. The van der Waals surface area contributed by atoms with Gasteiger partial charge >= 0.3 is 8.25 Å². The van der Waals surface area contributed by atoms with Crippen molar-refractivity contribution in [2.75, 3.05) is 0 Å². The Labute approximate surface area is 38.1 Å². The first kappa shape index (κ1) is 9.65. The van der Waals surface area contributed by atoms with Crippen LogP contribution >= 0.6 is 17.7 Å². The highest BCUT2D eigenvalue weighted by Gasteiger charge is 1.93. The van der Waals surface area contributed by atoms with Crippen LogP contribution in [0.5, 0.6) is 0 Å². The Bertz CT molecular complexity index is 28.5. The van der Waals surface area contributed by atoms with Crippen molar-refractivity contribution in [3.05, 3.63) is 0 Å². The molecular weight excluding hydrogens is 126 g/mol. The zero-order valence-electron chi connectivity index (χ0n) is 2.77. The minimum atomic E-state index is -2.87. The highest BCUT2D eigenvalue weighted by atomic mass is 31.1. The average Bonchev–Trinajstić information content (AvgIpc) is 1.41. The SMILES string of the molecule is O=[P+](O)O.OP. The molecule has 0 saturated carbocycles. The number of rotatable bonds is 0. The summed E-state index contributed by atoms with van der Waals surface area (Å²) in [4.78, 5) is 21.2. The molecule has 0 rings (SSSR count). The van der Waals surface area contributed by atoms with Crippen LogP contribution in [0.2, 0.25) is 0 Å². The van der Waals surface area contributed by atoms with Crippen molar-refractivity contribution >= 4 is 17.7 Å². The quantitative estimate of drug-likeness (QED) is 0.383. The van der Waals surface area contributed by atoms with E-state index in [4.69, 9.17) is 19.2 Å². The van der Waals surface area contributed by atoms with Gasteiger partial charge < -0.3 is 4.89 Å². The van der Waals surface area contributed by atoms with Gasteiger partial charge in [-0.15, -0.1) is 9.79 Å². The maximum atomic E-state index is 8.70. The van der Waals surface area contributed by atoms with Crippen LogP contribution < -0.4 is 0 Å². The number of hydrogen-bond acceptors (Lipinski definition) is 2. The Morgan fingerprint density at radius 1 is 1.33 bits per heavy atom. The molecule has 0 aliphatic carbocycles. The third-order valence-corrected chi connectivity index (χ3v) is 0. The summed E-state index contributed by atoms with van der Waals surface area (Å²) in [5.74, 6) is 0. The standard InChI is InChI=1S/HO3P.H3OP/c1-4(2)3;1-2/h(H-,1,2,3);1H,2H2/p+1. The van der Waals surface area contributed by atoms with Crippen molar-refractivity contribution in [1.29, 1.82) is 0 Å². The summed E-state index contributed by atoms with van der Waals surface area (Å²) < 4.78 is 8.70. The third kappa shape index (κ3) is 305. The summed E-state index contributed by atoms with van der Waals surface area (Å²) in [7, 11) is -1.45. The Kier molecular flexibility index (Phi) is 14.5. The predicted molar refractivity (Wildman–Crippen MR) is 24.0 cm³/mol. The molecule has 4 nitrogen and oxygen atoms in total. The van der Waals surface area contributed by atoms with E-state index in [1.54, 1.807) is 0 Å². The van der Waals surface area contributed by atoms with Crippen LogP contribution in [0.15, 0.2) is 0 Å². The van der Waals surface area contributed by atoms with E-state index in [1.807, 2.05) is 0 Å². The summed E-state index contributed by atoms with van der Waals surface area (Å²) in [5.41, 5.74) is 0. The van der Waals surface area contributed by atoms with Gasteiger partial charge in [0.15, 0.2) is 0 Å². The summed E-state index contributed by atoms with van der Waals surface area (Å²) in [6.45, 7) is 0. The normalized spacial score (nSPS) is 5.33. The van der Waals surface area contributed by atoms with Gasteiger partial charge in [0.2, 0.25) is 0 Å². The van der Waals surface area contributed by atoms with E-state index in [0.29, 0.717) is 0 Å². The van der Waals surface area contributed by atoms with Crippen LogP contribution in [0.1, 0.15) is 0 Å². The average molecular weight is 131 g/mol. The van der Waals surface area contributed by atoms with Gasteiger partial charge in [0.25, 0.3) is 0 Å². The molecule has 3 N–H and O–H groups in total. The molecule has 0 saturated heterocycles. The predicted octanol–water partition coefficient (Wildman–Crippen LogP) is -0.603. The second-order valence-corrected chi connectivity index (χ2v) is 0.758. The van der Waals surface area contributed by atoms with Gasteiger partial charge in [0, 0.05) is 4.57 Å². The van der Waals surface area contributed by atoms with Crippen LogP contribution in [0.4, 0.5) is 0 Å². The highest BCUT2D eigenvalue weighted by Crippen LogP contribution is 1.98. The molecule has 0 aromatic rings. The van der Waals surface area contributed by atoms with Crippen molar-refractivity contribution < 1.29 is 19.2 Å². The minimum Gasteiger partial charge on any atom is -0.380 e. The maximum absolute atomic E-state index is 8.70. The molecule has 0 radical (unpaired) electrons. The molecule has 1 atom stereocenters. The molecule has 38 valence electrons. The van der Waals surface area contributed by atoms with E-state index in [9.17, 15) is 0 Å². The summed E-state index contributed by atoms with van der Waals surface area (Å²) in [5, 5.41) is 0. The summed E-state index contributed by atoms with van der Waals surface area (Å²) >= 11 is 0. The first-order chi connectivity index (χ1) is 2.73. The molecule has 0 amide bonds. The summed E-state index contributed by atoms with van der Waals surface area (Å²) in [6, 6.07) is 0. The lowest BCUT2D eigenvalue weighted by atomic mass is 15.8. The molecule has 1 unspecified atom stereocenters. The number of hydrogen-bond donors (Lipinski definition) is 3. The highest BCUT2D eigenvalue weighted by molar-refractivity contribution is 7.30. The second-order valence-electron chi connectivity index (χ2n) is 0.253. The lowest BCUT2D eigenvalue weighted by molar-refractivity contribution is 0.405. The lowest BCUT2D eigenvalue weighted by Gasteiger charge is -1.34. The zero-order valence-corrected chi connectivity index (χ0v) is 4.82. The van der Waals surface area contributed by atoms with Crippen LogP contribution in [-0.2, 0) is 4.57 Å². The molecule has 0 bridgehead atoms. The van der Waals surface area contributed by atoms with Crippen LogP contribution in [0.25, 0.3) is 0 Å². The van der Waals surface area contributed by atoms with Crippen molar-refractivity contribution in [3.63, 3.8) is 0 Å². The van der Waals surface area contributed by atoms with Crippen molar-refractivity contribution in [1.82, 2.24) is 0 Å². The first-order valence-corrected chi connectivity index (χ1v) is 2.52. The first-order valence-electron chi connectivity index (χ1n) is 0.841. The van der Waals surface area contributed by atoms with E-state index in [2.05, 4.69) is 0 Å². The zero-order chi connectivity index (χ0) is 5.58. The molecule has 0 aromatic carbocycles. The van der Waals surface area contributed by atoms with E-state index in [-0.39, 0.29) is 0 Å². The Hall–Kier alpha value is 0.410. The van der Waals surface area contributed by atoms with Crippen molar-refractivity contribution in [2.45, 2.75) is 0 Å². The fourth-order valence-electron chi connectivity index (χ4n) is 0. The fourth-order valence-corrected chi connectivity index (χ4v) is 0. The Morgan fingerprint density at radius 3 is 1.33 bits per heavy atom. The van der Waals surface area contributed by atoms with Crippen LogP contribution in [-0.4, -0.2) is 14.7 Å². The van der Waals surface area contributed by atoms with Crippen molar-refractivity contribution in [3.8, 4) is 0 Å². The van der Waals surface area contributed by atoms with Gasteiger partial charge in [-0.05, 0) is 9.47 Å². The van der Waals surface area contributed by atoms with E-state index in [0.717, 1.165) is 0 Å².